The summed E-state index contributed by atoms with van der Waals surface area (Å²) in [6.07, 6.45) is 4.31. The Bertz CT molecular complexity index is 573. The molecule has 0 unspecified atom stereocenters. The molecule has 4 heteroatoms. The Labute approximate surface area is 127 Å². The zero-order chi connectivity index (χ0) is 15.2. The standard InChI is InChI=1S/C17H25N3O/c1-5-15(6-2)20-10-9-14(19-20)12-18-17-8-7-16(21-4)11-13(17)3/h7-11,15,18H,5-6,12H2,1-4H3. The van der Waals surface area contributed by atoms with Crippen LogP contribution < -0.4 is 10.1 Å². The van der Waals surface area contributed by atoms with Gasteiger partial charge in [-0.05, 0) is 49.6 Å². The number of ether oxygens (including phenoxy) is 1. The Hall–Kier alpha value is -1.97. The van der Waals surface area contributed by atoms with Gasteiger partial charge in [0.1, 0.15) is 5.75 Å². The second-order valence-corrected chi connectivity index (χ2v) is 5.29. The molecule has 2 rings (SSSR count). The van der Waals surface area contributed by atoms with Crippen LogP contribution in [0.1, 0.15) is 44.0 Å². The van der Waals surface area contributed by atoms with Crippen LogP contribution >= 0.6 is 0 Å². The average Bonchev–Trinajstić information content (AvgIpc) is 2.96. The van der Waals surface area contributed by atoms with Crippen molar-refractivity contribution < 1.29 is 4.74 Å². The molecule has 1 aromatic carbocycles. The molecule has 0 radical (unpaired) electrons. The molecule has 0 saturated heterocycles. The van der Waals surface area contributed by atoms with E-state index in [1.807, 2.05) is 18.2 Å². The minimum absolute atomic E-state index is 0.501. The fourth-order valence-corrected chi connectivity index (χ4v) is 2.49. The fraction of sp³-hybridized carbons (Fsp3) is 0.471. The third-order valence-corrected chi connectivity index (χ3v) is 3.87. The van der Waals surface area contributed by atoms with Crippen molar-refractivity contribution in [1.29, 1.82) is 0 Å². The van der Waals surface area contributed by atoms with Crippen molar-refractivity contribution in [2.24, 2.45) is 0 Å². The molecule has 0 fully saturated rings. The Morgan fingerprint density at radius 1 is 1.24 bits per heavy atom. The molecule has 1 heterocycles. The van der Waals surface area contributed by atoms with Crippen molar-refractivity contribution in [3.05, 3.63) is 41.7 Å². The van der Waals surface area contributed by atoms with Crippen LogP contribution in [0.3, 0.4) is 0 Å². The number of methoxy groups -OCH3 is 1. The molecule has 0 amide bonds. The fourth-order valence-electron chi connectivity index (χ4n) is 2.49. The predicted molar refractivity (Wildman–Crippen MR) is 86.9 cm³/mol. The van der Waals surface area contributed by atoms with Crippen LogP contribution in [-0.4, -0.2) is 16.9 Å². The summed E-state index contributed by atoms with van der Waals surface area (Å²) >= 11 is 0. The number of hydrogen-bond donors (Lipinski definition) is 1. The smallest absolute Gasteiger partial charge is 0.119 e. The summed E-state index contributed by atoms with van der Waals surface area (Å²) in [7, 11) is 1.69. The number of benzene rings is 1. The van der Waals surface area contributed by atoms with Crippen molar-refractivity contribution >= 4 is 5.69 Å². The first-order valence-electron chi connectivity index (χ1n) is 7.60. The van der Waals surface area contributed by atoms with Crippen LogP contribution in [-0.2, 0) is 6.54 Å². The van der Waals surface area contributed by atoms with E-state index < -0.39 is 0 Å². The summed E-state index contributed by atoms with van der Waals surface area (Å²) in [5, 5.41) is 8.10. The average molecular weight is 287 g/mol. The summed E-state index contributed by atoms with van der Waals surface area (Å²) < 4.78 is 7.30. The minimum atomic E-state index is 0.501. The van der Waals surface area contributed by atoms with Crippen molar-refractivity contribution in [2.45, 2.75) is 46.2 Å². The molecule has 1 aromatic heterocycles. The maximum Gasteiger partial charge on any atom is 0.119 e. The molecule has 0 aliphatic heterocycles. The van der Waals surface area contributed by atoms with Gasteiger partial charge in [-0.1, -0.05) is 13.8 Å². The van der Waals surface area contributed by atoms with E-state index >= 15 is 0 Å². The second kappa shape index (κ2) is 7.16. The Balaban J connectivity index is 2.00. The van der Waals surface area contributed by atoms with Gasteiger partial charge in [0.05, 0.1) is 25.4 Å². The van der Waals surface area contributed by atoms with Crippen LogP contribution in [0.5, 0.6) is 5.75 Å². The van der Waals surface area contributed by atoms with Crippen molar-refractivity contribution in [1.82, 2.24) is 9.78 Å². The highest BCUT2D eigenvalue weighted by atomic mass is 16.5. The van der Waals surface area contributed by atoms with Gasteiger partial charge in [-0.25, -0.2) is 0 Å². The number of aryl methyl sites for hydroxylation is 1. The van der Waals surface area contributed by atoms with Gasteiger partial charge in [-0.15, -0.1) is 0 Å². The van der Waals surface area contributed by atoms with Crippen molar-refractivity contribution in [3.63, 3.8) is 0 Å². The van der Waals surface area contributed by atoms with Crippen molar-refractivity contribution in [2.75, 3.05) is 12.4 Å². The summed E-state index contributed by atoms with van der Waals surface area (Å²) in [5.41, 5.74) is 3.36. The quantitative estimate of drug-likeness (QED) is 0.830. The number of aromatic nitrogens is 2. The highest BCUT2D eigenvalue weighted by molar-refractivity contribution is 5.53. The lowest BCUT2D eigenvalue weighted by Crippen LogP contribution is -2.09. The van der Waals surface area contributed by atoms with E-state index in [0.29, 0.717) is 6.04 Å². The van der Waals surface area contributed by atoms with E-state index in [0.717, 1.165) is 36.5 Å². The molecule has 1 N–H and O–H groups in total. The van der Waals surface area contributed by atoms with Crippen LogP contribution in [0.4, 0.5) is 5.69 Å². The molecule has 0 atom stereocenters. The van der Waals surface area contributed by atoms with Crippen LogP contribution in [0.2, 0.25) is 0 Å². The summed E-state index contributed by atoms with van der Waals surface area (Å²) in [6.45, 7) is 7.22. The Kier molecular flexibility index (Phi) is 5.26. The highest BCUT2D eigenvalue weighted by Gasteiger charge is 2.08. The van der Waals surface area contributed by atoms with E-state index in [9.17, 15) is 0 Å². The molecular weight excluding hydrogens is 262 g/mol. The monoisotopic (exact) mass is 287 g/mol. The predicted octanol–water partition coefficient (Wildman–Crippen LogP) is 4.17. The second-order valence-electron chi connectivity index (χ2n) is 5.29. The van der Waals surface area contributed by atoms with Gasteiger partial charge < -0.3 is 10.1 Å². The third-order valence-electron chi connectivity index (χ3n) is 3.87. The highest BCUT2D eigenvalue weighted by Crippen LogP contribution is 2.21. The molecule has 0 aliphatic rings. The molecule has 0 aliphatic carbocycles. The largest absolute Gasteiger partial charge is 0.497 e. The third kappa shape index (κ3) is 3.78. The van der Waals surface area contributed by atoms with Crippen LogP contribution in [0.25, 0.3) is 0 Å². The van der Waals surface area contributed by atoms with Gasteiger partial charge >= 0.3 is 0 Å². The van der Waals surface area contributed by atoms with Gasteiger partial charge in [0.25, 0.3) is 0 Å². The van der Waals surface area contributed by atoms with Gasteiger partial charge in [0.2, 0.25) is 0 Å². The minimum Gasteiger partial charge on any atom is -0.497 e. The molecule has 0 spiro atoms. The van der Waals surface area contributed by atoms with Gasteiger partial charge in [-0.2, -0.15) is 5.10 Å². The number of nitrogens with one attached hydrogen (secondary N) is 1. The van der Waals surface area contributed by atoms with Gasteiger partial charge in [-0.3, -0.25) is 4.68 Å². The lowest BCUT2D eigenvalue weighted by Gasteiger charge is -2.13. The molecule has 21 heavy (non-hydrogen) atoms. The maximum atomic E-state index is 5.22. The lowest BCUT2D eigenvalue weighted by atomic mass is 10.2. The number of nitrogens with zero attached hydrogens (tertiary/aromatic N) is 2. The first-order valence-corrected chi connectivity index (χ1v) is 7.60. The normalized spacial score (nSPS) is 10.9. The molecule has 0 bridgehead atoms. The van der Waals surface area contributed by atoms with E-state index in [1.54, 1.807) is 7.11 Å². The zero-order valence-electron chi connectivity index (χ0n) is 13.4. The van der Waals surface area contributed by atoms with Crippen LogP contribution in [0, 0.1) is 6.92 Å². The molecular formula is C17H25N3O. The summed E-state index contributed by atoms with van der Waals surface area (Å²) in [6, 6.07) is 8.64. The Morgan fingerprint density at radius 3 is 2.62 bits per heavy atom. The van der Waals surface area contributed by atoms with Gasteiger partial charge in [0, 0.05) is 11.9 Å². The van der Waals surface area contributed by atoms with E-state index in [1.165, 1.54) is 5.56 Å². The first kappa shape index (κ1) is 15.4. The molecule has 0 saturated carbocycles. The number of hydrogen-bond acceptors (Lipinski definition) is 3. The summed E-state index contributed by atoms with van der Waals surface area (Å²) in [4.78, 5) is 0. The molecule has 114 valence electrons. The molecule has 4 nitrogen and oxygen atoms in total. The zero-order valence-corrected chi connectivity index (χ0v) is 13.4. The SMILES string of the molecule is CCC(CC)n1ccc(CNc2ccc(OC)cc2C)n1. The lowest BCUT2D eigenvalue weighted by molar-refractivity contribution is 0.414. The van der Waals surface area contributed by atoms with E-state index in [4.69, 9.17) is 4.74 Å². The topological polar surface area (TPSA) is 39.1 Å². The number of rotatable bonds is 7. The molecule has 2 aromatic rings. The van der Waals surface area contributed by atoms with E-state index in [-0.39, 0.29) is 0 Å². The van der Waals surface area contributed by atoms with Crippen LogP contribution in [0.15, 0.2) is 30.5 Å². The Morgan fingerprint density at radius 2 is 2.00 bits per heavy atom. The van der Waals surface area contributed by atoms with E-state index in [2.05, 4.69) is 48.1 Å². The van der Waals surface area contributed by atoms with Crippen molar-refractivity contribution in [3.8, 4) is 5.75 Å². The maximum absolute atomic E-state index is 5.22. The first-order chi connectivity index (χ1) is 10.2. The summed E-state index contributed by atoms with van der Waals surface area (Å²) in [5.74, 6) is 0.885. The van der Waals surface area contributed by atoms with Gasteiger partial charge in [0.15, 0.2) is 0 Å². The number of anilines is 1.